The average molecular weight is 290 g/mol. The Morgan fingerprint density at radius 1 is 1.60 bits per heavy atom. The van der Waals surface area contributed by atoms with Crippen molar-refractivity contribution in [3.05, 3.63) is 29.5 Å². The minimum absolute atomic E-state index is 0.227. The Morgan fingerprint density at radius 3 is 3.10 bits per heavy atom. The summed E-state index contributed by atoms with van der Waals surface area (Å²) < 4.78 is 5.47. The Labute approximate surface area is 122 Å². The largest absolute Gasteiger partial charge is 0.331 e. The van der Waals surface area contributed by atoms with Crippen LogP contribution in [0.3, 0.4) is 0 Å². The molecule has 2 heterocycles. The van der Waals surface area contributed by atoms with Gasteiger partial charge in [-0.3, -0.25) is 10.2 Å². The fraction of sp³-hybridized carbons (Fsp3) is 0.357. The standard InChI is InChI=1S/C14H18N4OS/c1-3-9-4-5-11-13-10(9)6-12(14(19)16-15)18(13)8(2)7-20-17-11/h4-6,8,17H,3,7,15H2,1-2H3,(H,16,19). The van der Waals surface area contributed by atoms with Crippen molar-refractivity contribution in [1.82, 2.24) is 9.99 Å². The topological polar surface area (TPSA) is 72.1 Å². The highest BCUT2D eigenvalue weighted by atomic mass is 32.2. The molecule has 1 atom stereocenters. The van der Waals surface area contributed by atoms with Crippen LogP contribution < -0.4 is 16.0 Å². The van der Waals surface area contributed by atoms with E-state index >= 15 is 0 Å². The molecule has 1 aromatic heterocycles. The molecule has 3 rings (SSSR count). The summed E-state index contributed by atoms with van der Waals surface area (Å²) in [6.07, 6.45) is 0.937. The number of nitrogen functional groups attached to an aromatic ring is 1. The lowest BCUT2D eigenvalue weighted by molar-refractivity contribution is 0.0943. The summed E-state index contributed by atoms with van der Waals surface area (Å²) in [6, 6.07) is 6.39. The van der Waals surface area contributed by atoms with Crippen molar-refractivity contribution < 1.29 is 4.79 Å². The molecule has 1 aliphatic heterocycles. The fourth-order valence-electron chi connectivity index (χ4n) is 2.81. The van der Waals surface area contributed by atoms with Crippen LogP contribution in [0, 0.1) is 0 Å². The summed E-state index contributed by atoms with van der Waals surface area (Å²) in [5.74, 6) is 5.98. The minimum atomic E-state index is -0.243. The van der Waals surface area contributed by atoms with Crippen molar-refractivity contribution in [2.24, 2.45) is 5.84 Å². The maximum absolute atomic E-state index is 12.1. The number of carbonyl (C=O) groups excluding carboxylic acids is 1. The Hall–Kier alpha value is -1.66. The van der Waals surface area contributed by atoms with Crippen LogP contribution in [0.2, 0.25) is 0 Å². The molecule has 1 aliphatic rings. The van der Waals surface area contributed by atoms with Gasteiger partial charge in [0, 0.05) is 17.2 Å². The zero-order chi connectivity index (χ0) is 14.3. The third-order valence-corrected chi connectivity index (χ3v) is 4.79. The summed E-state index contributed by atoms with van der Waals surface area (Å²) in [5, 5.41) is 1.13. The fourth-order valence-corrected chi connectivity index (χ4v) is 3.60. The number of anilines is 1. The molecule has 20 heavy (non-hydrogen) atoms. The number of rotatable bonds is 2. The molecule has 0 bridgehead atoms. The maximum atomic E-state index is 12.1. The third kappa shape index (κ3) is 1.87. The molecule has 1 aromatic carbocycles. The van der Waals surface area contributed by atoms with Crippen LogP contribution in [-0.2, 0) is 6.42 Å². The number of benzene rings is 1. The first-order chi connectivity index (χ1) is 9.67. The molecular weight excluding hydrogens is 272 g/mol. The third-order valence-electron chi connectivity index (χ3n) is 3.78. The highest BCUT2D eigenvalue weighted by Gasteiger charge is 2.24. The molecule has 0 radical (unpaired) electrons. The molecule has 0 spiro atoms. The second kappa shape index (κ2) is 5.03. The summed E-state index contributed by atoms with van der Waals surface area (Å²) in [6.45, 7) is 4.24. The minimum Gasteiger partial charge on any atom is -0.331 e. The van der Waals surface area contributed by atoms with E-state index in [4.69, 9.17) is 5.84 Å². The van der Waals surface area contributed by atoms with Crippen LogP contribution in [0.5, 0.6) is 0 Å². The first-order valence-corrected chi connectivity index (χ1v) is 7.71. The predicted molar refractivity (Wildman–Crippen MR) is 83.8 cm³/mol. The summed E-state index contributed by atoms with van der Waals surface area (Å²) in [4.78, 5) is 12.1. The SMILES string of the molecule is CCc1ccc2c3c1cc(C(=O)NN)n3C(C)CSN2. The van der Waals surface area contributed by atoms with Crippen molar-refractivity contribution in [3.8, 4) is 0 Å². The van der Waals surface area contributed by atoms with Crippen LogP contribution in [0.4, 0.5) is 5.69 Å². The van der Waals surface area contributed by atoms with Gasteiger partial charge in [0.1, 0.15) is 5.69 Å². The second-order valence-electron chi connectivity index (χ2n) is 5.02. The van der Waals surface area contributed by atoms with Gasteiger partial charge in [0.05, 0.1) is 11.2 Å². The molecule has 0 fully saturated rings. The molecule has 1 amide bonds. The van der Waals surface area contributed by atoms with Gasteiger partial charge >= 0.3 is 0 Å². The second-order valence-corrected chi connectivity index (χ2v) is 5.85. The van der Waals surface area contributed by atoms with E-state index in [1.165, 1.54) is 5.56 Å². The van der Waals surface area contributed by atoms with Gasteiger partial charge < -0.3 is 9.29 Å². The number of nitrogens with zero attached hydrogens (tertiary/aromatic N) is 1. The van der Waals surface area contributed by atoms with E-state index in [0.717, 1.165) is 28.8 Å². The lowest BCUT2D eigenvalue weighted by Crippen LogP contribution is -2.32. The summed E-state index contributed by atoms with van der Waals surface area (Å²) in [7, 11) is 0. The van der Waals surface area contributed by atoms with Gasteiger partial charge in [0.25, 0.3) is 5.91 Å². The number of amides is 1. The van der Waals surface area contributed by atoms with Gasteiger partial charge in [-0.15, -0.1) is 0 Å². The first kappa shape index (κ1) is 13.3. The molecule has 0 saturated carbocycles. The van der Waals surface area contributed by atoms with E-state index in [-0.39, 0.29) is 11.9 Å². The van der Waals surface area contributed by atoms with Crippen LogP contribution in [-0.4, -0.2) is 16.2 Å². The van der Waals surface area contributed by atoms with Crippen LogP contribution in [0.15, 0.2) is 18.2 Å². The molecule has 0 aliphatic carbocycles. The summed E-state index contributed by atoms with van der Waals surface area (Å²) >= 11 is 1.67. The quantitative estimate of drug-likeness (QED) is 0.344. The van der Waals surface area contributed by atoms with Gasteiger partial charge in [-0.1, -0.05) is 24.9 Å². The van der Waals surface area contributed by atoms with Gasteiger partial charge in [-0.2, -0.15) is 0 Å². The zero-order valence-corrected chi connectivity index (χ0v) is 12.4. The zero-order valence-electron chi connectivity index (χ0n) is 11.6. The van der Waals surface area contributed by atoms with Crippen LogP contribution in [0.1, 0.15) is 35.9 Å². The Kier molecular flexibility index (Phi) is 3.35. The van der Waals surface area contributed by atoms with Gasteiger partial charge in [-0.25, -0.2) is 5.84 Å². The number of carbonyl (C=O) groups is 1. The molecule has 2 aromatic rings. The smallest absolute Gasteiger partial charge is 0.281 e. The normalized spacial score (nSPS) is 17.6. The van der Waals surface area contributed by atoms with Crippen molar-refractivity contribution in [2.45, 2.75) is 26.3 Å². The van der Waals surface area contributed by atoms with Crippen LogP contribution in [0.25, 0.3) is 10.9 Å². The maximum Gasteiger partial charge on any atom is 0.281 e. The van der Waals surface area contributed by atoms with Gasteiger partial charge in [0.2, 0.25) is 0 Å². The van der Waals surface area contributed by atoms with Gasteiger partial charge in [-0.05, 0) is 31.0 Å². The lowest BCUT2D eigenvalue weighted by atomic mass is 10.1. The molecule has 6 heteroatoms. The number of nitrogens with two attached hydrogens (primary N) is 1. The van der Waals surface area contributed by atoms with E-state index in [1.54, 1.807) is 11.9 Å². The Balaban J connectivity index is 2.38. The number of hydrazine groups is 1. The number of aromatic nitrogens is 1. The van der Waals surface area contributed by atoms with Crippen molar-refractivity contribution in [3.63, 3.8) is 0 Å². The molecule has 106 valence electrons. The van der Waals surface area contributed by atoms with Gasteiger partial charge in [0.15, 0.2) is 0 Å². The number of nitrogens with one attached hydrogen (secondary N) is 2. The van der Waals surface area contributed by atoms with E-state index in [2.05, 4.69) is 40.7 Å². The van der Waals surface area contributed by atoms with E-state index in [0.29, 0.717) is 5.69 Å². The average Bonchev–Trinajstić information content (AvgIpc) is 2.78. The van der Waals surface area contributed by atoms with E-state index in [9.17, 15) is 4.79 Å². The molecular formula is C14H18N4OS. The Bertz CT molecular complexity index is 679. The number of aryl methyl sites for hydroxylation is 1. The lowest BCUT2D eigenvalue weighted by Gasteiger charge is -2.15. The molecule has 5 nitrogen and oxygen atoms in total. The van der Waals surface area contributed by atoms with Crippen molar-refractivity contribution in [2.75, 3.05) is 10.5 Å². The number of hydrogen-bond donors (Lipinski definition) is 3. The summed E-state index contributed by atoms with van der Waals surface area (Å²) in [5.41, 5.74) is 6.28. The monoisotopic (exact) mass is 290 g/mol. The number of hydrogen-bond acceptors (Lipinski definition) is 4. The first-order valence-electron chi connectivity index (χ1n) is 6.73. The molecule has 4 N–H and O–H groups in total. The van der Waals surface area contributed by atoms with Crippen LogP contribution >= 0.6 is 11.9 Å². The van der Waals surface area contributed by atoms with E-state index in [1.807, 2.05) is 6.07 Å². The van der Waals surface area contributed by atoms with Crippen molar-refractivity contribution in [1.29, 1.82) is 0 Å². The van der Waals surface area contributed by atoms with E-state index < -0.39 is 0 Å². The predicted octanol–water partition coefficient (Wildman–Crippen LogP) is 2.44. The van der Waals surface area contributed by atoms with Crippen molar-refractivity contribution >= 4 is 34.4 Å². The Morgan fingerprint density at radius 2 is 2.40 bits per heavy atom. The highest BCUT2D eigenvalue weighted by molar-refractivity contribution is 8.00. The molecule has 0 saturated heterocycles. The highest BCUT2D eigenvalue weighted by Crippen LogP contribution is 2.37. The molecule has 1 unspecified atom stereocenters.